The Kier molecular flexibility index (Phi) is 9.11. The highest BCUT2D eigenvalue weighted by Gasteiger charge is 2.47. The zero-order valence-corrected chi connectivity index (χ0v) is 13.5. The molecule has 0 bridgehead atoms. The van der Waals surface area contributed by atoms with Crippen LogP contribution in [0.15, 0.2) is 0 Å². The van der Waals surface area contributed by atoms with E-state index in [0.717, 1.165) is 0 Å². The molecule has 5 atom stereocenters. The van der Waals surface area contributed by atoms with Crippen LogP contribution >= 0.6 is 0 Å². The summed E-state index contributed by atoms with van der Waals surface area (Å²) in [7, 11) is 0. The van der Waals surface area contributed by atoms with E-state index < -0.39 is 43.4 Å². The van der Waals surface area contributed by atoms with E-state index in [1.165, 1.54) is 6.92 Å². The number of ether oxygens (including phenoxy) is 4. The van der Waals surface area contributed by atoms with Gasteiger partial charge in [-0.2, -0.15) is 0 Å². The van der Waals surface area contributed by atoms with Crippen LogP contribution in [0.5, 0.6) is 0 Å². The molecule has 0 aromatic rings. The molecule has 140 valence electrons. The van der Waals surface area contributed by atoms with Crippen LogP contribution in [0, 0.1) is 0 Å². The zero-order chi connectivity index (χ0) is 18.1. The highest BCUT2D eigenvalue weighted by molar-refractivity contribution is 5.75. The fourth-order valence-electron chi connectivity index (χ4n) is 2.21. The van der Waals surface area contributed by atoms with Crippen molar-refractivity contribution in [2.75, 3.05) is 26.4 Å². The van der Waals surface area contributed by atoms with E-state index in [4.69, 9.17) is 19.9 Å². The summed E-state index contributed by atoms with van der Waals surface area (Å²) in [6.07, 6.45) is -6.76. The molecule has 1 aliphatic rings. The number of ketones is 1. The van der Waals surface area contributed by atoms with Crippen LogP contribution in [0.3, 0.4) is 0 Å². The summed E-state index contributed by atoms with van der Waals surface area (Å²) >= 11 is 0. The van der Waals surface area contributed by atoms with Gasteiger partial charge in [0.1, 0.15) is 24.1 Å². The van der Waals surface area contributed by atoms with Gasteiger partial charge in [-0.25, -0.2) is 4.79 Å². The van der Waals surface area contributed by atoms with E-state index in [1.807, 2.05) is 0 Å². The molecule has 1 rings (SSSR count). The molecule has 1 heterocycles. The van der Waals surface area contributed by atoms with Gasteiger partial charge in [-0.05, 0) is 13.3 Å². The maximum Gasteiger partial charge on any atom is 0.404 e. The Bertz CT molecular complexity index is 406. The smallest absolute Gasteiger partial charge is 0.404 e. The summed E-state index contributed by atoms with van der Waals surface area (Å²) in [5, 5.41) is 29.1. The first-order chi connectivity index (χ1) is 11.4. The topological polar surface area (TPSA) is 158 Å². The SMILES string of the molecule is CC(=O)CCCOCCO[C@H]1O[C@H](CO)[C@@H](O)[C@H](OC(N)=O)[C@@H]1O. The highest BCUT2D eigenvalue weighted by Crippen LogP contribution is 2.24. The molecule has 0 spiro atoms. The second-order valence-corrected chi connectivity index (χ2v) is 5.40. The van der Waals surface area contributed by atoms with Crippen molar-refractivity contribution in [1.82, 2.24) is 0 Å². The lowest BCUT2D eigenvalue weighted by atomic mass is 9.99. The Morgan fingerprint density at radius 1 is 1.17 bits per heavy atom. The van der Waals surface area contributed by atoms with Gasteiger partial charge in [0, 0.05) is 13.0 Å². The molecule has 1 saturated heterocycles. The molecule has 0 aliphatic carbocycles. The van der Waals surface area contributed by atoms with Gasteiger partial charge in [-0.3, -0.25) is 0 Å². The van der Waals surface area contributed by atoms with Crippen molar-refractivity contribution in [2.45, 2.75) is 50.5 Å². The quantitative estimate of drug-likeness (QED) is 0.336. The minimum Gasteiger partial charge on any atom is -0.441 e. The minimum absolute atomic E-state index is 0.0549. The lowest BCUT2D eigenvalue weighted by Crippen LogP contribution is -2.60. The Labute approximate surface area is 139 Å². The third kappa shape index (κ3) is 6.67. The third-order valence-corrected chi connectivity index (χ3v) is 3.40. The summed E-state index contributed by atoms with van der Waals surface area (Å²) < 4.78 is 20.4. The van der Waals surface area contributed by atoms with Gasteiger partial charge < -0.3 is 44.8 Å². The molecule has 0 radical (unpaired) electrons. The maximum atomic E-state index is 10.9. The second kappa shape index (κ2) is 10.5. The average Bonchev–Trinajstić information content (AvgIpc) is 2.51. The van der Waals surface area contributed by atoms with Gasteiger partial charge in [0.25, 0.3) is 0 Å². The van der Waals surface area contributed by atoms with E-state index in [9.17, 15) is 24.9 Å². The van der Waals surface area contributed by atoms with Crippen LogP contribution in [0.2, 0.25) is 0 Å². The first-order valence-electron chi connectivity index (χ1n) is 7.64. The number of nitrogens with two attached hydrogens (primary N) is 1. The van der Waals surface area contributed by atoms with Crippen molar-refractivity contribution in [3.63, 3.8) is 0 Å². The summed E-state index contributed by atoms with van der Waals surface area (Å²) in [5.41, 5.74) is 4.90. The fourth-order valence-corrected chi connectivity index (χ4v) is 2.21. The molecular weight excluding hydrogens is 326 g/mol. The minimum atomic E-state index is -1.48. The number of primary amides is 1. The van der Waals surface area contributed by atoms with Gasteiger partial charge in [0.2, 0.25) is 0 Å². The van der Waals surface area contributed by atoms with Crippen LogP contribution < -0.4 is 5.73 Å². The van der Waals surface area contributed by atoms with Crippen molar-refractivity contribution < 1.29 is 43.9 Å². The maximum absolute atomic E-state index is 10.9. The number of aliphatic hydroxyl groups is 3. The van der Waals surface area contributed by atoms with Gasteiger partial charge >= 0.3 is 6.09 Å². The van der Waals surface area contributed by atoms with Gasteiger partial charge in [0.15, 0.2) is 12.4 Å². The summed E-state index contributed by atoms with van der Waals surface area (Å²) in [6.45, 7) is 1.58. The van der Waals surface area contributed by atoms with Gasteiger partial charge in [0.05, 0.1) is 19.8 Å². The highest BCUT2D eigenvalue weighted by atomic mass is 16.7. The van der Waals surface area contributed by atoms with E-state index >= 15 is 0 Å². The molecule has 1 fully saturated rings. The molecule has 0 aromatic heterocycles. The molecular formula is C14H25NO9. The predicted octanol–water partition coefficient (Wildman–Crippen LogP) is -1.71. The molecule has 1 amide bonds. The number of amides is 1. The first-order valence-corrected chi connectivity index (χ1v) is 7.64. The van der Waals surface area contributed by atoms with E-state index in [0.29, 0.717) is 19.4 Å². The Morgan fingerprint density at radius 2 is 1.88 bits per heavy atom. The predicted molar refractivity (Wildman–Crippen MR) is 78.9 cm³/mol. The summed E-state index contributed by atoms with van der Waals surface area (Å²) in [6, 6.07) is 0. The van der Waals surface area contributed by atoms with Crippen LogP contribution in [0.25, 0.3) is 0 Å². The second-order valence-electron chi connectivity index (χ2n) is 5.40. The molecule has 10 nitrogen and oxygen atoms in total. The molecule has 0 unspecified atom stereocenters. The lowest BCUT2D eigenvalue weighted by Gasteiger charge is -2.40. The third-order valence-electron chi connectivity index (χ3n) is 3.40. The van der Waals surface area contributed by atoms with Crippen molar-refractivity contribution in [3.05, 3.63) is 0 Å². The molecule has 0 aromatic carbocycles. The van der Waals surface area contributed by atoms with Crippen molar-refractivity contribution in [3.8, 4) is 0 Å². The molecule has 0 saturated carbocycles. The standard InChI is InChI=1S/C14H25NO9/c1-8(17)3-2-4-21-5-6-22-13-11(19)12(24-14(15)20)10(18)9(7-16)23-13/h9-13,16,18-19H,2-7H2,1H3,(H2,15,20)/t9-,10-,11+,12+,13+/m1/s1. The van der Waals surface area contributed by atoms with Crippen LogP contribution in [0.1, 0.15) is 19.8 Å². The number of hydrogen-bond donors (Lipinski definition) is 4. The van der Waals surface area contributed by atoms with Crippen LogP contribution in [-0.4, -0.2) is 84.3 Å². The van der Waals surface area contributed by atoms with Gasteiger partial charge in [-0.15, -0.1) is 0 Å². The molecule has 24 heavy (non-hydrogen) atoms. The number of aliphatic hydroxyl groups excluding tert-OH is 3. The molecule has 5 N–H and O–H groups in total. The Balaban J connectivity index is 2.39. The number of hydrogen-bond acceptors (Lipinski definition) is 9. The molecule has 10 heteroatoms. The van der Waals surface area contributed by atoms with E-state index in [-0.39, 0.29) is 19.0 Å². The van der Waals surface area contributed by atoms with Gasteiger partial charge in [-0.1, -0.05) is 0 Å². The fraction of sp³-hybridized carbons (Fsp3) is 0.857. The van der Waals surface area contributed by atoms with Crippen LogP contribution in [0.4, 0.5) is 4.79 Å². The Morgan fingerprint density at radius 3 is 2.46 bits per heavy atom. The Hall–Kier alpha value is -1.30. The number of rotatable bonds is 10. The summed E-state index contributed by atoms with van der Waals surface area (Å²) in [4.78, 5) is 21.6. The lowest BCUT2D eigenvalue weighted by molar-refractivity contribution is -0.301. The van der Waals surface area contributed by atoms with Crippen molar-refractivity contribution in [2.24, 2.45) is 5.73 Å². The number of carbonyl (C=O) groups is 2. The number of carbonyl (C=O) groups excluding carboxylic acids is 2. The van der Waals surface area contributed by atoms with Crippen LogP contribution in [-0.2, 0) is 23.7 Å². The zero-order valence-electron chi connectivity index (χ0n) is 13.5. The van der Waals surface area contributed by atoms with E-state index in [2.05, 4.69) is 4.74 Å². The first kappa shape index (κ1) is 20.7. The molecule has 1 aliphatic heterocycles. The van der Waals surface area contributed by atoms with Crippen molar-refractivity contribution >= 4 is 11.9 Å². The van der Waals surface area contributed by atoms with Crippen molar-refractivity contribution in [1.29, 1.82) is 0 Å². The average molecular weight is 351 g/mol. The van der Waals surface area contributed by atoms with E-state index in [1.54, 1.807) is 0 Å². The number of Topliss-reactive ketones (excluding diaryl/α,β-unsaturated/α-hetero) is 1. The normalized spacial score (nSPS) is 30.1. The monoisotopic (exact) mass is 351 g/mol. The summed E-state index contributed by atoms with van der Waals surface area (Å²) in [5.74, 6) is 0.0858. The largest absolute Gasteiger partial charge is 0.441 e.